The fourth-order valence-electron chi connectivity index (χ4n) is 3.60. The van der Waals surface area contributed by atoms with Crippen molar-refractivity contribution in [1.82, 2.24) is 14.7 Å². The number of piperidine rings is 1. The van der Waals surface area contributed by atoms with Crippen molar-refractivity contribution in [2.24, 2.45) is 5.92 Å². The molecule has 2 amide bonds. The minimum atomic E-state index is -0.827. The summed E-state index contributed by atoms with van der Waals surface area (Å²) in [7, 11) is 0. The highest BCUT2D eigenvalue weighted by Gasteiger charge is 2.27. The van der Waals surface area contributed by atoms with Crippen LogP contribution in [-0.4, -0.2) is 77.8 Å². The number of hydrogen-bond acceptors (Lipinski definition) is 4. The Morgan fingerprint density at radius 1 is 0.962 bits per heavy atom. The van der Waals surface area contributed by atoms with E-state index in [1.807, 2.05) is 30.3 Å². The molecule has 1 aromatic rings. The van der Waals surface area contributed by atoms with Gasteiger partial charge in [-0.1, -0.05) is 30.3 Å². The lowest BCUT2D eigenvalue weighted by Crippen LogP contribution is -2.50. The molecular formula is C19H27N3O4. The molecule has 2 aliphatic heterocycles. The first-order valence-corrected chi connectivity index (χ1v) is 9.27. The number of nitrogens with zero attached hydrogens (tertiary/aromatic N) is 3. The largest absolute Gasteiger partial charge is 0.465 e. The number of carbonyl (C=O) groups is 2. The summed E-state index contributed by atoms with van der Waals surface area (Å²) in [6.07, 6.45) is 0.883. The van der Waals surface area contributed by atoms with Gasteiger partial charge in [0.25, 0.3) is 0 Å². The second kappa shape index (κ2) is 8.89. The Morgan fingerprint density at radius 3 is 2.23 bits per heavy atom. The van der Waals surface area contributed by atoms with E-state index in [-0.39, 0.29) is 6.09 Å². The average molecular weight is 361 g/mol. The first-order chi connectivity index (χ1) is 12.6. The van der Waals surface area contributed by atoms with Crippen molar-refractivity contribution in [2.45, 2.75) is 19.4 Å². The number of ether oxygens (including phenoxy) is 1. The lowest BCUT2D eigenvalue weighted by molar-refractivity contribution is 0.0690. The maximum Gasteiger partial charge on any atom is 0.410 e. The van der Waals surface area contributed by atoms with E-state index >= 15 is 0 Å². The lowest BCUT2D eigenvalue weighted by atomic mass is 9.96. The SMILES string of the molecule is O=C(O)N1CCN(CC2CCN(C(=O)OCc3ccccc3)CC2)CC1. The molecule has 26 heavy (non-hydrogen) atoms. The van der Waals surface area contributed by atoms with E-state index in [9.17, 15) is 9.59 Å². The summed E-state index contributed by atoms with van der Waals surface area (Å²) in [6.45, 7) is 5.52. The first kappa shape index (κ1) is 18.5. The summed E-state index contributed by atoms with van der Waals surface area (Å²) in [5, 5.41) is 9.00. The number of piperazine rings is 1. The average Bonchev–Trinajstić information content (AvgIpc) is 2.68. The quantitative estimate of drug-likeness (QED) is 0.891. The molecule has 0 spiro atoms. The number of amides is 2. The number of hydrogen-bond donors (Lipinski definition) is 1. The third kappa shape index (κ3) is 5.11. The smallest absolute Gasteiger partial charge is 0.410 e. The van der Waals surface area contributed by atoms with Crippen LogP contribution in [0.1, 0.15) is 18.4 Å². The second-order valence-corrected chi connectivity index (χ2v) is 7.04. The molecule has 7 nitrogen and oxygen atoms in total. The zero-order valence-corrected chi connectivity index (χ0v) is 15.0. The Hall–Kier alpha value is -2.28. The van der Waals surface area contributed by atoms with Crippen molar-refractivity contribution in [3.63, 3.8) is 0 Å². The monoisotopic (exact) mass is 361 g/mol. The number of carbonyl (C=O) groups excluding carboxylic acids is 1. The van der Waals surface area contributed by atoms with Gasteiger partial charge in [0.1, 0.15) is 6.61 Å². The van der Waals surface area contributed by atoms with E-state index in [0.717, 1.165) is 51.1 Å². The van der Waals surface area contributed by atoms with Gasteiger partial charge in [0, 0.05) is 45.8 Å². The van der Waals surface area contributed by atoms with Gasteiger partial charge in [-0.2, -0.15) is 0 Å². The van der Waals surface area contributed by atoms with Gasteiger partial charge < -0.3 is 19.6 Å². The van der Waals surface area contributed by atoms with Crippen LogP contribution in [0.2, 0.25) is 0 Å². The van der Waals surface area contributed by atoms with Crippen molar-refractivity contribution >= 4 is 12.2 Å². The normalized spacial score (nSPS) is 19.4. The highest BCUT2D eigenvalue weighted by atomic mass is 16.6. The molecule has 7 heteroatoms. The predicted octanol–water partition coefficient (Wildman–Crippen LogP) is 2.33. The topological polar surface area (TPSA) is 73.3 Å². The summed E-state index contributed by atoms with van der Waals surface area (Å²) in [5.74, 6) is 0.560. The van der Waals surface area contributed by atoms with Crippen LogP contribution in [0.15, 0.2) is 30.3 Å². The van der Waals surface area contributed by atoms with E-state index < -0.39 is 6.09 Å². The Bertz CT molecular complexity index is 594. The van der Waals surface area contributed by atoms with Gasteiger partial charge in [-0.3, -0.25) is 4.90 Å². The van der Waals surface area contributed by atoms with E-state index in [1.54, 1.807) is 4.90 Å². The first-order valence-electron chi connectivity index (χ1n) is 9.27. The summed E-state index contributed by atoms with van der Waals surface area (Å²) in [4.78, 5) is 28.8. The molecule has 0 aromatic heterocycles. The van der Waals surface area contributed by atoms with Gasteiger partial charge in [-0.15, -0.1) is 0 Å². The molecule has 3 rings (SSSR count). The predicted molar refractivity (Wildman–Crippen MR) is 97.0 cm³/mol. The number of likely N-dealkylation sites (tertiary alicyclic amines) is 1. The molecule has 2 fully saturated rings. The Kier molecular flexibility index (Phi) is 6.33. The Morgan fingerprint density at radius 2 is 1.62 bits per heavy atom. The highest BCUT2D eigenvalue weighted by Crippen LogP contribution is 2.20. The third-order valence-electron chi connectivity index (χ3n) is 5.24. The van der Waals surface area contributed by atoms with E-state index in [4.69, 9.17) is 9.84 Å². The molecule has 0 bridgehead atoms. The fraction of sp³-hybridized carbons (Fsp3) is 0.579. The maximum absolute atomic E-state index is 12.2. The van der Waals surface area contributed by atoms with Crippen LogP contribution < -0.4 is 0 Å². The standard InChI is InChI=1S/C19H27N3O4/c23-18(24)21-12-10-20(11-13-21)14-16-6-8-22(9-7-16)19(25)26-15-17-4-2-1-3-5-17/h1-5,16H,6-15H2,(H,23,24). The van der Waals surface area contributed by atoms with Crippen LogP contribution in [0.5, 0.6) is 0 Å². The van der Waals surface area contributed by atoms with Crippen molar-refractivity contribution < 1.29 is 19.4 Å². The van der Waals surface area contributed by atoms with Crippen LogP contribution >= 0.6 is 0 Å². The third-order valence-corrected chi connectivity index (χ3v) is 5.24. The minimum absolute atomic E-state index is 0.234. The van der Waals surface area contributed by atoms with E-state index in [2.05, 4.69) is 4.90 Å². The number of benzene rings is 1. The van der Waals surface area contributed by atoms with Gasteiger partial charge in [-0.25, -0.2) is 9.59 Å². The van der Waals surface area contributed by atoms with Gasteiger partial charge in [0.15, 0.2) is 0 Å². The summed E-state index contributed by atoms with van der Waals surface area (Å²) >= 11 is 0. The molecule has 2 heterocycles. The van der Waals surface area contributed by atoms with E-state index in [1.165, 1.54) is 4.90 Å². The van der Waals surface area contributed by atoms with Gasteiger partial charge in [-0.05, 0) is 24.3 Å². The van der Waals surface area contributed by atoms with Crippen molar-refractivity contribution in [3.8, 4) is 0 Å². The summed E-state index contributed by atoms with van der Waals surface area (Å²) in [6, 6.07) is 9.71. The van der Waals surface area contributed by atoms with Crippen molar-refractivity contribution in [1.29, 1.82) is 0 Å². The van der Waals surface area contributed by atoms with Gasteiger partial charge >= 0.3 is 12.2 Å². The number of carboxylic acid groups (broad SMARTS) is 1. The molecule has 2 saturated heterocycles. The molecular weight excluding hydrogens is 334 g/mol. The van der Waals surface area contributed by atoms with Crippen LogP contribution in [0.3, 0.4) is 0 Å². The lowest BCUT2D eigenvalue weighted by Gasteiger charge is -2.37. The van der Waals surface area contributed by atoms with Crippen LogP contribution in [0.25, 0.3) is 0 Å². The van der Waals surface area contributed by atoms with E-state index in [0.29, 0.717) is 25.6 Å². The fourth-order valence-corrected chi connectivity index (χ4v) is 3.60. The van der Waals surface area contributed by atoms with Crippen molar-refractivity contribution in [2.75, 3.05) is 45.8 Å². The molecule has 0 radical (unpaired) electrons. The molecule has 142 valence electrons. The molecule has 0 unspecified atom stereocenters. The summed E-state index contributed by atoms with van der Waals surface area (Å²) in [5.41, 5.74) is 0.997. The van der Waals surface area contributed by atoms with Crippen molar-refractivity contribution in [3.05, 3.63) is 35.9 Å². The molecule has 1 aromatic carbocycles. The van der Waals surface area contributed by atoms with Gasteiger partial charge in [0.05, 0.1) is 0 Å². The zero-order valence-electron chi connectivity index (χ0n) is 15.0. The Balaban J connectivity index is 1.35. The number of rotatable bonds is 4. The van der Waals surface area contributed by atoms with Crippen LogP contribution in [0, 0.1) is 5.92 Å². The highest BCUT2D eigenvalue weighted by molar-refractivity contribution is 5.67. The molecule has 0 aliphatic carbocycles. The van der Waals surface area contributed by atoms with Gasteiger partial charge in [0.2, 0.25) is 0 Å². The molecule has 0 atom stereocenters. The second-order valence-electron chi connectivity index (χ2n) is 7.04. The molecule has 2 aliphatic rings. The summed E-state index contributed by atoms with van der Waals surface area (Å²) < 4.78 is 5.40. The Labute approximate surface area is 154 Å². The zero-order chi connectivity index (χ0) is 18.4. The van der Waals surface area contributed by atoms with Crippen LogP contribution in [0.4, 0.5) is 9.59 Å². The minimum Gasteiger partial charge on any atom is -0.465 e. The molecule has 0 saturated carbocycles. The molecule has 1 N–H and O–H groups in total. The maximum atomic E-state index is 12.2. The van der Waals surface area contributed by atoms with Crippen LogP contribution in [-0.2, 0) is 11.3 Å².